The average molecular weight is 249 g/mol. The van der Waals surface area contributed by atoms with Crippen molar-refractivity contribution in [1.82, 2.24) is 5.32 Å². The van der Waals surface area contributed by atoms with Gasteiger partial charge >= 0.3 is 6.09 Å². The van der Waals surface area contributed by atoms with E-state index >= 15 is 0 Å². The summed E-state index contributed by atoms with van der Waals surface area (Å²) in [6, 6.07) is 4.96. The van der Waals surface area contributed by atoms with E-state index in [2.05, 4.69) is 5.32 Å². The normalized spacial score (nSPS) is 19.0. The number of alkyl carbamates (subject to hydrolysis) is 1. The highest BCUT2D eigenvalue weighted by molar-refractivity contribution is 6.30. The van der Waals surface area contributed by atoms with Crippen molar-refractivity contribution < 1.29 is 9.53 Å². The molecule has 0 aliphatic carbocycles. The van der Waals surface area contributed by atoms with Crippen LogP contribution in [-0.4, -0.2) is 12.7 Å². The van der Waals surface area contributed by atoms with Crippen LogP contribution in [0.3, 0.4) is 0 Å². The Hall–Kier alpha value is -1.13. The quantitative estimate of drug-likeness (QED) is 0.749. The molecule has 1 aliphatic rings. The molecule has 0 saturated carbocycles. The zero-order valence-corrected chi connectivity index (χ0v) is 9.27. The number of hydrogen-bond donors (Lipinski definition) is 2. The fourth-order valence-electron chi connectivity index (χ4n) is 1.40. The molecule has 6 heteroatoms. The zero-order chi connectivity index (χ0) is 10.1. The van der Waals surface area contributed by atoms with E-state index in [1.165, 1.54) is 0 Å². The van der Waals surface area contributed by atoms with Crippen LogP contribution >= 0.6 is 24.0 Å². The number of benzene rings is 1. The number of nitrogens with one attached hydrogen (secondary N) is 1. The molecule has 0 unspecified atom stereocenters. The lowest BCUT2D eigenvalue weighted by atomic mass is 10.1. The van der Waals surface area contributed by atoms with Crippen LogP contribution < -0.4 is 11.1 Å². The summed E-state index contributed by atoms with van der Waals surface area (Å²) in [7, 11) is 0. The molecule has 0 radical (unpaired) electrons. The summed E-state index contributed by atoms with van der Waals surface area (Å²) in [6.45, 7) is 0.295. The van der Waals surface area contributed by atoms with Gasteiger partial charge in [0.2, 0.25) is 0 Å². The lowest BCUT2D eigenvalue weighted by Gasteiger charge is -2.10. The van der Waals surface area contributed by atoms with E-state index in [0.29, 0.717) is 17.3 Å². The van der Waals surface area contributed by atoms with Crippen molar-refractivity contribution in [2.24, 2.45) is 0 Å². The Morgan fingerprint density at radius 2 is 2.27 bits per heavy atom. The van der Waals surface area contributed by atoms with Gasteiger partial charge in [0, 0.05) is 16.3 Å². The highest BCUT2D eigenvalue weighted by atomic mass is 35.5. The maximum atomic E-state index is 10.8. The first kappa shape index (κ1) is 11.9. The number of carbonyl (C=O) groups excluding carboxylic acids is 1. The van der Waals surface area contributed by atoms with Gasteiger partial charge in [-0.3, -0.25) is 0 Å². The topological polar surface area (TPSA) is 64.3 Å². The molecule has 2 rings (SSSR count). The zero-order valence-electron chi connectivity index (χ0n) is 7.70. The summed E-state index contributed by atoms with van der Waals surface area (Å²) in [4.78, 5) is 10.8. The molecule has 1 heterocycles. The molecule has 1 aliphatic heterocycles. The van der Waals surface area contributed by atoms with Gasteiger partial charge in [0.15, 0.2) is 0 Å². The van der Waals surface area contributed by atoms with Crippen molar-refractivity contribution in [3.63, 3.8) is 0 Å². The molecule has 82 valence electrons. The van der Waals surface area contributed by atoms with Gasteiger partial charge in [0.05, 0.1) is 6.04 Å². The Morgan fingerprint density at radius 1 is 1.53 bits per heavy atom. The second kappa shape index (κ2) is 4.59. The second-order valence-electron chi connectivity index (χ2n) is 3.07. The monoisotopic (exact) mass is 248 g/mol. The van der Waals surface area contributed by atoms with Gasteiger partial charge in [0.25, 0.3) is 0 Å². The van der Waals surface area contributed by atoms with Gasteiger partial charge in [-0.05, 0) is 18.2 Å². The number of amides is 1. The van der Waals surface area contributed by atoms with E-state index in [4.69, 9.17) is 22.1 Å². The molecule has 15 heavy (non-hydrogen) atoms. The molecule has 1 fully saturated rings. The number of carbonyl (C=O) groups is 1. The number of halogens is 2. The molecule has 1 aromatic carbocycles. The lowest BCUT2D eigenvalue weighted by molar-refractivity contribution is 0.177. The van der Waals surface area contributed by atoms with E-state index in [9.17, 15) is 4.79 Å². The third-order valence-corrected chi connectivity index (χ3v) is 2.33. The largest absolute Gasteiger partial charge is 0.447 e. The predicted octanol–water partition coefficient (Wildman–Crippen LogP) is 2.12. The Bertz CT molecular complexity index is 384. The minimum Gasteiger partial charge on any atom is -0.447 e. The average Bonchev–Trinajstić information content (AvgIpc) is 2.56. The molecule has 0 spiro atoms. The number of hydrogen-bond acceptors (Lipinski definition) is 3. The predicted molar refractivity (Wildman–Crippen MR) is 60.3 cm³/mol. The molecule has 3 N–H and O–H groups in total. The minimum absolute atomic E-state index is 0. The van der Waals surface area contributed by atoms with E-state index < -0.39 is 6.09 Å². The highest BCUT2D eigenvalue weighted by Crippen LogP contribution is 2.26. The molecule has 1 saturated heterocycles. The van der Waals surface area contributed by atoms with Gasteiger partial charge in [-0.2, -0.15) is 0 Å². The number of rotatable bonds is 1. The molecule has 0 aromatic heterocycles. The Kier molecular flexibility index (Phi) is 3.66. The van der Waals surface area contributed by atoms with Crippen molar-refractivity contribution in [3.8, 4) is 0 Å². The van der Waals surface area contributed by atoms with E-state index in [-0.39, 0.29) is 18.4 Å². The van der Waals surface area contributed by atoms with Gasteiger partial charge in [0.1, 0.15) is 6.61 Å². The van der Waals surface area contributed by atoms with Gasteiger partial charge in [-0.25, -0.2) is 4.79 Å². The SMILES string of the molecule is Cl.Nc1ccc(Cl)cc1[C@H]1COC(=O)N1. The summed E-state index contributed by atoms with van der Waals surface area (Å²) in [5.74, 6) is 0. The first-order chi connectivity index (χ1) is 6.66. The molecular formula is C9H10Cl2N2O2. The molecule has 1 aromatic rings. The Balaban J connectivity index is 0.00000112. The fourth-order valence-corrected chi connectivity index (χ4v) is 1.58. The number of ether oxygens (including phenoxy) is 1. The summed E-state index contributed by atoms with van der Waals surface area (Å²) in [6.07, 6.45) is -0.422. The number of cyclic esters (lactones) is 1. The van der Waals surface area contributed by atoms with Crippen LogP contribution in [0.4, 0.5) is 10.5 Å². The molecule has 4 nitrogen and oxygen atoms in total. The number of nitrogen functional groups attached to an aromatic ring is 1. The molecule has 1 atom stereocenters. The van der Waals surface area contributed by atoms with E-state index in [0.717, 1.165) is 5.56 Å². The smallest absolute Gasteiger partial charge is 0.407 e. The van der Waals surface area contributed by atoms with Crippen LogP contribution in [0, 0.1) is 0 Å². The van der Waals surface area contributed by atoms with Crippen molar-refractivity contribution >= 4 is 35.8 Å². The van der Waals surface area contributed by atoms with E-state index in [1.54, 1.807) is 18.2 Å². The maximum Gasteiger partial charge on any atom is 0.407 e. The van der Waals surface area contributed by atoms with Crippen LogP contribution in [0.25, 0.3) is 0 Å². The summed E-state index contributed by atoms with van der Waals surface area (Å²) >= 11 is 5.82. The summed E-state index contributed by atoms with van der Waals surface area (Å²) in [5, 5.41) is 3.23. The Labute approximate surface area is 98.1 Å². The van der Waals surface area contributed by atoms with Gasteiger partial charge < -0.3 is 15.8 Å². The van der Waals surface area contributed by atoms with Gasteiger partial charge in [-0.1, -0.05) is 11.6 Å². The standard InChI is InChI=1S/C9H9ClN2O2.ClH/c10-5-1-2-7(11)6(3-5)8-4-14-9(13)12-8;/h1-3,8H,4,11H2,(H,12,13);1H/t8-;/m1./s1. The lowest BCUT2D eigenvalue weighted by Crippen LogP contribution is -2.19. The van der Waals surface area contributed by atoms with Crippen LogP contribution in [0.1, 0.15) is 11.6 Å². The molecule has 1 amide bonds. The molecular weight excluding hydrogens is 239 g/mol. The number of nitrogens with two attached hydrogens (primary N) is 1. The van der Waals surface area contributed by atoms with Crippen molar-refractivity contribution in [3.05, 3.63) is 28.8 Å². The first-order valence-electron chi connectivity index (χ1n) is 4.15. The Morgan fingerprint density at radius 3 is 2.87 bits per heavy atom. The maximum absolute atomic E-state index is 10.8. The second-order valence-corrected chi connectivity index (χ2v) is 3.51. The third kappa shape index (κ3) is 2.46. The van der Waals surface area contributed by atoms with Crippen LogP contribution in [-0.2, 0) is 4.74 Å². The molecule has 0 bridgehead atoms. The minimum atomic E-state index is -0.422. The first-order valence-corrected chi connectivity index (χ1v) is 4.53. The van der Waals surface area contributed by atoms with E-state index in [1.807, 2.05) is 0 Å². The van der Waals surface area contributed by atoms with Crippen LogP contribution in [0.2, 0.25) is 5.02 Å². The van der Waals surface area contributed by atoms with Crippen molar-refractivity contribution in [2.75, 3.05) is 12.3 Å². The van der Waals surface area contributed by atoms with Gasteiger partial charge in [-0.15, -0.1) is 12.4 Å². The summed E-state index contributed by atoms with van der Waals surface area (Å²) in [5.41, 5.74) is 7.15. The fraction of sp³-hybridized carbons (Fsp3) is 0.222. The van der Waals surface area contributed by atoms with Crippen molar-refractivity contribution in [1.29, 1.82) is 0 Å². The highest BCUT2D eigenvalue weighted by Gasteiger charge is 2.25. The van der Waals surface area contributed by atoms with Crippen LogP contribution in [0.5, 0.6) is 0 Å². The number of anilines is 1. The van der Waals surface area contributed by atoms with Crippen LogP contribution in [0.15, 0.2) is 18.2 Å². The van der Waals surface area contributed by atoms with Crippen molar-refractivity contribution in [2.45, 2.75) is 6.04 Å². The summed E-state index contributed by atoms with van der Waals surface area (Å²) < 4.78 is 4.77. The third-order valence-electron chi connectivity index (χ3n) is 2.10.